The lowest BCUT2D eigenvalue weighted by Gasteiger charge is -2.40. The molecule has 0 radical (unpaired) electrons. The molecule has 1 fully saturated rings. The molecule has 4 nitrogen and oxygen atoms in total. The number of ether oxygens (including phenoxy) is 1. The fourth-order valence-corrected chi connectivity index (χ4v) is 2.79. The Labute approximate surface area is 130 Å². The summed E-state index contributed by atoms with van der Waals surface area (Å²) in [4.78, 5) is 11.7. The van der Waals surface area contributed by atoms with Gasteiger partial charge in [0.15, 0.2) is 0 Å². The normalized spacial score (nSPS) is 23.6. The van der Waals surface area contributed by atoms with Crippen molar-refractivity contribution in [3.8, 4) is 0 Å². The van der Waals surface area contributed by atoms with E-state index in [0.29, 0.717) is 18.6 Å². The Kier molecular flexibility index (Phi) is 6.98. The van der Waals surface area contributed by atoms with Crippen molar-refractivity contribution in [2.75, 3.05) is 6.54 Å². The standard InChI is InChI=1S/C17H34N2O2/c1-7-8-14(11-18-16(20)21-17(4,5)6)19-15-9-13(10-15)12(2)3/h12-15,19H,7-11H2,1-6H3,(H,18,20). The van der Waals surface area contributed by atoms with Gasteiger partial charge in [0.05, 0.1) is 0 Å². The molecule has 2 N–H and O–H groups in total. The molecule has 21 heavy (non-hydrogen) atoms. The molecule has 124 valence electrons. The molecule has 1 aliphatic carbocycles. The number of alkyl carbamates (subject to hydrolysis) is 1. The SMILES string of the molecule is CCCC(CNC(=O)OC(C)(C)C)NC1CC(C(C)C)C1. The molecule has 0 saturated heterocycles. The molecule has 1 unspecified atom stereocenters. The Hall–Kier alpha value is -0.770. The van der Waals surface area contributed by atoms with Crippen LogP contribution in [0.4, 0.5) is 4.79 Å². The first-order valence-corrected chi connectivity index (χ1v) is 8.44. The maximum atomic E-state index is 11.7. The van der Waals surface area contributed by atoms with Crippen molar-refractivity contribution in [1.29, 1.82) is 0 Å². The molecular formula is C17H34N2O2. The monoisotopic (exact) mass is 298 g/mol. The van der Waals surface area contributed by atoms with Crippen molar-refractivity contribution in [2.24, 2.45) is 11.8 Å². The number of rotatable bonds is 7. The molecule has 0 heterocycles. The Morgan fingerprint density at radius 1 is 1.29 bits per heavy atom. The predicted molar refractivity (Wildman–Crippen MR) is 87.4 cm³/mol. The van der Waals surface area contributed by atoms with Crippen LogP contribution in [0, 0.1) is 11.8 Å². The van der Waals surface area contributed by atoms with Gasteiger partial charge in [-0.1, -0.05) is 27.2 Å². The molecule has 1 atom stereocenters. The van der Waals surface area contributed by atoms with Crippen LogP contribution in [-0.4, -0.2) is 30.3 Å². The Balaban J connectivity index is 2.29. The van der Waals surface area contributed by atoms with Crippen LogP contribution < -0.4 is 10.6 Å². The molecule has 0 spiro atoms. The van der Waals surface area contributed by atoms with E-state index in [0.717, 1.165) is 24.7 Å². The summed E-state index contributed by atoms with van der Waals surface area (Å²) in [5.74, 6) is 1.65. The van der Waals surface area contributed by atoms with Gasteiger partial charge in [-0.05, 0) is 51.9 Å². The molecule has 1 aliphatic rings. The van der Waals surface area contributed by atoms with E-state index in [4.69, 9.17) is 4.74 Å². The van der Waals surface area contributed by atoms with E-state index in [9.17, 15) is 4.79 Å². The highest BCUT2D eigenvalue weighted by atomic mass is 16.6. The molecule has 1 rings (SSSR count). The van der Waals surface area contributed by atoms with Gasteiger partial charge in [0, 0.05) is 18.6 Å². The zero-order chi connectivity index (χ0) is 16.0. The van der Waals surface area contributed by atoms with Gasteiger partial charge in [-0.2, -0.15) is 0 Å². The average Bonchev–Trinajstić information content (AvgIpc) is 2.27. The van der Waals surface area contributed by atoms with Crippen LogP contribution in [0.15, 0.2) is 0 Å². The molecule has 0 aromatic rings. The summed E-state index contributed by atoms with van der Waals surface area (Å²) in [6.07, 6.45) is 4.42. The first-order chi connectivity index (χ1) is 9.71. The smallest absolute Gasteiger partial charge is 0.407 e. The van der Waals surface area contributed by atoms with Crippen molar-refractivity contribution in [1.82, 2.24) is 10.6 Å². The Bertz CT molecular complexity index is 317. The quantitative estimate of drug-likeness (QED) is 0.753. The number of amides is 1. The van der Waals surface area contributed by atoms with Gasteiger partial charge in [-0.3, -0.25) is 0 Å². The summed E-state index contributed by atoms with van der Waals surface area (Å²) < 4.78 is 5.28. The van der Waals surface area contributed by atoms with E-state index in [-0.39, 0.29) is 6.09 Å². The van der Waals surface area contributed by atoms with Crippen LogP contribution in [0.3, 0.4) is 0 Å². The van der Waals surface area contributed by atoms with Gasteiger partial charge < -0.3 is 15.4 Å². The molecule has 0 aromatic heterocycles. The maximum absolute atomic E-state index is 11.7. The minimum Gasteiger partial charge on any atom is -0.444 e. The Morgan fingerprint density at radius 3 is 2.38 bits per heavy atom. The molecular weight excluding hydrogens is 264 g/mol. The fraction of sp³-hybridized carbons (Fsp3) is 0.941. The first kappa shape index (κ1) is 18.3. The number of hydrogen-bond donors (Lipinski definition) is 2. The van der Waals surface area contributed by atoms with Gasteiger partial charge in [-0.15, -0.1) is 0 Å². The number of nitrogens with one attached hydrogen (secondary N) is 2. The zero-order valence-corrected chi connectivity index (χ0v) is 14.7. The minimum atomic E-state index is -0.434. The van der Waals surface area contributed by atoms with Crippen molar-refractivity contribution < 1.29 is 9.53 Å². The van der Waals surface area contributed by atoms with Crippen molar-refractivity contribution in [3.63, 3.8) is 0 Å². The lowest BCUT2D eigenvalue weighted by atomic mass is 9.73. The highest BCUT2D eigenvalue weighted by Gasteiger charge is 2.32. The minimum absolute atomic E-state index is 0.320. The van der Waals surface area contributed by atoms with Crippen LogP contribution in [0.1, 0.15) is 67.2 Å². The number of carbonyl (C=O) groups excluding carboxylic acids is 1. The van der Waals surface area contributed by atoms with Crippen molar-refractivity contribution in [2.45, 2.75) is 84.9 Å². The van der Waals surface area contributed by atoms with E-state index in [1.807, 2.05) is 20.8 Å². The molecule has 1 saturated carbocycles. The molecule has 1 amide bonds. The van der Waals surface area contributed by atoms with Crippen LogP contribution in [0.25, 0.3) is 0 Å². The van der Waals surface area contributed by atoms with Gasteiger partial charge in [0.25, 0.3) is 0 Å². The third-order valence-electron chi connectivity index (χ3n) is 4.12. The molecule has 0 aromatic carbocycles. The third-order valence-corrected chi connectivity index (χ3v) is 4.12. The fourth-order valence-electron chi connectivity index (χ4n) is 2.79. The predicted octanol–water partition coefficient (Wildman–Crippen LogP) is 3.70. The molecule has 4 heteroatoms. The van der Waals surface area contributed by atoms with E-state index in [2.05, 4.69) is 31.4 Å². The summed E-state index contributed by atoms with van der Waals surface area (Å²) in [5, 5.41) is 6.58. The summed E-state index contributed by atoms with van der Waals surface area (Å²) in [6.45, 7) is 13.1. The highest BCUT2D eigenvalue weighted by molar-refractivity contribution is 5.67. The summed E-state index contributed by atoms with van der Waals surface area (Å²) >= 11 is 0. The van der Waals surface area contributed by atoms with Gasteiger partial charge in [0.2, 0.25) is 0 Å². The molecule has 0 aliphatic heterocycles. The van der Waals surface area contributed by atoms with Gasteiger partial charge in [0.1, 0.15) is 5.60 Å². The van der Waals surface area contributed by atoms with E-state index < -0.39 is 5.60 Å². The maximum Gasteiger partial charge on any atom is 0.407 e. The van der Waals surface area contributed by atoms with E-state index in [1.165, 1.54) is 12.8 Å². The summed E-state index contributed by atoms with van der Waals surface area (Å²) in [6, 6.07) is 0.968. The first-order valence-electron chi connectivity index (χ1n) is 8.44. The lowest BCUT2D eigenvalue weighted by Crippen LogP contribution is -2.51. The average molecular weight is 298 g/mol. The van der Waals surface area contributed by atoms with Crippen LogP contribution in [0.5, 0.6) is 0 Å². The number of carbonyl (C=O) groups is 1. The Morgan fingerprint density at radius 2 is 1.90 bits per heavy atom. The topological polar surface area (TPSA) is 50.4 Å². The number of hydrogen-bond acceptors (Lipinski definition) is 3. The van der Waals surface area contributed by atoms with Crippen molar-refractivity contribution in [3.05, 3.63) is 0 Å². The van der Waals surface area contributed by atoms with Crippen LogP contribution in [0.2, 0.25) is 0 Å². The zero-order valence-electron chi connectivity index (χ0n) is 14.7. The highest BCUT2D eigenvalue weighted by Crippen LogP contribution is 2.33. The van der Waals surface area contributed by atoms with E-state index >= 15 is 0 Å². The van der Waals surface area contributed by atoms with Crippen LogP contribution in [-0.2, 0) is 4.74 Å². The van der Waals surface area contributed by atoms with Gasteiger partial charge >= 0.3 is 6.09 Å². The summed E-state index contributed by atoms with van der Waals surface area (Å²) in [5.41, 5.74) is -0.434. The van der Waals surface area contributed by atoms with Gasteiger partial charge in [-0.25, -0.2) is 4.79 Å². The second-order valence-electron chi connectivity index (χ2n) is 7.71. The third kappa shape index (κ3) is 7.16. The van der Waals surface area contributed by atoms with Crippen molar-refractivity contribution >= 4 is 6.09 Å². The second-order valence-corrected chi connectivity index (χ2v) is 7.71. The molecule has 0 bridgehead atoms. The van der Waals surface area contributed by atoms with Crippen LogP contribution >= 0.6 is 0 Å². The second kappa shape index (κ2) is 8.02. The largest absolute Gasteiger partial charge is 0.444 e. The lowest BCUT2D eigenvalue weighted by molar-refractivity contribution is 0.0517. The summed E-state index contributed by atoms with van der Waals surface area (Å²) in [7, 11) is 0. The van der Waals surface area contributed by atoms with E-state index in [1.54, 1.807) is 0 Å².